The second-order valence-electron chi connectivity index (χ2n) is 3.66. The summed E-state index contributed by atoms with van der Waals surface area (Å²) in [6, 6.07) is 0. The fraction of sp³-hybridized carbons (Fsp3) is 0.545. The monoisotopic (exact) mass is 162 g/mol. The van der Waals surface area contributed by atoms with Crippen LogP contribution >= 0.6 is 0 Å². The predicted octanol–water partition coefficient (Wildman–Crippen LogP) is 2.49. The molecule has 1 heteroatoms. The van der Waals surface area contributed by atoms with Crippen molar-refractivity contribution in [1.29, 1.82) is 0 Å². The second-order valence-corrected chi connectivity index (χ2v) is 3.66. The molecule has 1 nitrogen and oxygen atoms in total. The fourth-order valence-electron chi connectivity index (χ4n) is 2.00. The topological polar surface area (TPSA) is 17.1 Å². The maximum Gasteiger partial charge on any atom is 0.163 e. The molecule has 0 aromatic heterocycles. The molecule has 0 amide bonds. The van der Waals surface area contributed by atoms with E-state index < -0.39 is 0 Å². The van der Waals surface area contributed by atoms with Crippen molar-refractivity contribution in [2.75, 3.05) is 0 Å². The number of hydrogen-bond donors (Lipinski definition) is 0. The van der Waals surface area contributed by atoms with E-state index in [0.717, 1.165) is 0 Å². The summed E-state index contributed by atoms with van der Waals surface area (Å²) in [6.07, 6.45) is 9.66. The van der Waals surface area contributed by atoms with E-state index in [-0.39, 0.29) is 5.92 Å². The lowest BCUT2D eigenvalue weighted by molar-refractivity contribution is -0.117. The van der Waals surface area contributed by atoms with Crippen molar-refractivity contribution in [1.82, 2.24) is 0 Å². The summed E-state index contributed by atoms with van der Waals surface area (Å²) in [5, 5.41) is 0. The quantitative estimate of drug-likeness (QED) is 0.583. The smallest absolute Gasteiger partial charge is 0.163 e. The molecule has 0 heterocycles. The number of allylic oxidation sites excluding steroid dienone is 4. The molecular weight excluding hydrogens is 148 g/mol. The molecule has 12 heavy (non-hydrogen) atoms. The molecule has 2 aliphatic rings. The molecule has 2 aliphatic carbocycles. The molecule has 0 spiro atoms. The van der Waals surface area contributed by atoms with E-state index >= 15 is 0 Å². The van der Waals surface area contributed by atoms with Gasteiger partial charge in [0, 0.05) is 11.8 Å². The van der Waals surface area contributed by atoms with Crippen LogP contribution < -0.4 is 0 Å². The van der Waals surface area contributed by atoms with Gasteiger partial charge in [0.2, 0.25) is 0 Å². The van der Waals surface area contributed by atoms with E-state index in [0.29, 0.717) is 11.7 Å². The molecule has 0 fully saturated rings. The Bertz CT molecular complexity index is 260. The second kappa shape index (κ2) is 2.89. The summed E-state index contributed by atoms with van der Waals surface area (Å²) < 4.78 is 0. The van der Waals surface area contributed by atoms with Gasteiger partial charge in [-0.3, -0.25) is 4.79 Å². The first-order valence-corrected chi connectivity index (χ1v) is 4.75. The SMILES string of the molecule is CCCCC1=C[C@@H]2C(=O)C=C[C@H]12. The standard InChI is InChI=1S/C11H14O/c1-2-3-4-8-7-10-9(8)5-6-11(10)12/h5-7,9-10H,2-4H2,1H3/t9-,10+/m1/s1. The van der Waals surface area contributed by atoms with Crippen molar-refractivity contribution in [3.8, 4) is 0 Å². The van der Waals surface area contributed by atoms with Crippen LogP contribution in [0.5, 0.6) is 0 Å². The molecule has 2 rings (SSSR count). The molecule has 2 atom stereocenters. The third-order valence-corrected chi connectivity index (χ3v) is 2.82. The van der Waals surface area contributed by atoms with E-state index in [1.54, 1.807) is 6.08 Å². The number of fused-ring (bicyclic) bond motifs is 1. The van der Waals surface area contributed by atoms with Gasteiger partial charge in [-0.2, -0.15) is 0 Å². The van der Waals surface area contributed by atoms with E-state index in [4.69, 9.17) is 0 Å². The summed E-state index contributed by atoms with van der Waals surface area (Å²) in [5.41, 5.74) is 1.49. The summed E-state index contributed by atoms with van der Waals surface area (Å²) in [5.74, 6) is 1.03. The number of unbranched alkanes of at least 4 members (excludes halogenated alkanes) is 1. The van der Waals surface area contributed by atoms with E-state index in [2.05, 4.69) is 19.1 Å². The lowest BCUT2D eigenvalue weighted by atomic mass is 9.74. The van der Waals surface area contributed by atoms with Gasteiger partial charge >= 0.3 is 0 Å². The van der Waals surface area contributed by atoms with Crippen LogP contribution in [-0.2, 0) is 4.79 Å². The van der Waals surface area contributed by atoms with Gasteiger partial charge in [0.1, 0.15) is 0 Å². The van der Waals surface area contributed by atoms with Crippen molar-refractivity contribution in [2.45, 2.75) is 26.2 Å². The maximum atomic E-state index is 11.1. The minimum Gasteiger partial charge on any atom is -0.294 e. The largest absolute Gasteiger partial charge is 0.294 e. The third kappa shape index (κ3) is 1.04. The first-order valence-electron chi connectivity index (χ1n) is 4.75. The molecule has 0 saturated heterocycles. The summed E-state index contributed by atoms with van der Waals surface area (Å²) in [4.78, 5) is 11.1. The van der Waals surface area contributed by atoms with Crippen LogP contribution in [0, 0.1) is 11.8 Å². The molecule has 0 bridgehead atoms. The van der Waals surface area contributed by atoms with Crippen LogP contribution in [0.2, 0.25) is 0 Å². The highest BCUT2D eigenvalue weighted by atomic mass is 16.1. The number of carbonyl (C=O) groups is 1. The highest BCUT2D eigenvalue weighted by Gasteiger charge is 2.37. The third-order valence-electron chi connectivity index (χ3n) is 2.82. The van der Waals surface area contributed by atoms with Crippen molar-refractivity contribution in [3.63, 3.8) is 0 Å². The number of rotatable bonds is 3. The molecule has 64 valence electrons. The summed E-state index contributed by atoms with van der Waals surface area (Å²) in [6.45, 7) is 2.20. The van der Waals surface area contributed by atoms with Gasteiger partial charge in [-0.15, -0.1) is 0 Å². The van der Waals surface area contributed by atoms with Crippen molar-refractivity contribution < 1.29 is 4.79 Å². The highest BCUT2D eigenvalue weighted by Crippen LogP contribution is 2.41. The van der Waals surface area contributed by atoms with Crippen molar-refractivity contribution >= 4 is 5.78 Å². The molecule has 0 saturated carbocycles. The minimum absolute atomic E-state index is 0.233. The summed E-state index contributed by atoms with van der Waals surface area (Å²) >= 11 is 0. The van der Waals surface area contributed by atoms with Crippen LogP contribution in [0.4, 0.5) is 0 Å². The molecule has 0 radical (unpaired) electrons. The van der Waals surface area contributed by atoms with Crippen molar-refractivity contribution in [3.05, 3.63) is 23.8 Å². The Hall–Kier alpha value is -0.850. The molecule has 0 aliphatic heterocycles. The number of ketones is 1. The van der Waals surface area contributed by atoms with Crippen LogP contribution in [0.15, 0.2) is 23.8 Å². The first kappa shape index (κ1) is 7.78. The Morgan fingerprint density at radius 3 is 2.92 bits per heavy atom. The van der Waals surface area contributed by atoms with Crippen molar-refractivity contribution in [2.24, 2.45) is 11.8 Å². The minimum atomic E-state index is 0.233. The zero-order valence-electron chi connectivity index (χ0n) is 7.42. The van der Waals surface area contributed by atoms with Crippen LogP contribution in [-0.4, -0.2) is 5.78 Å². The zero-order chi connectivity index (χ0) is 8.55. The average molecular weight is 162 g/mol. The fourth-order valence-corrected chi connectivity index (χ4v) is 2.00. The Balaban J connectivity index is 1.96. The van der Waals surface area contributed by atoms with Gasteiger partial charge < -0.3 is 0 Å². The number of hydrogen-bond acceptors (Lipinski definition) is 1. The predicted molar refractivity (Wildman–Crippen MR) is 48.7 cm³/mol. The van der Waals surface area contributed by atoms with E-state index in [1.807, 2.05) is 0 Å². The van der Waals surface area contributed by atoms with Crippen LogP contribution in [0.1, 0.15) is 26.2 Å². The lowest BCUT2D eigenvalue weighted by Crippen LogP contribution is -2.24. The number of carbonyl (C=O) groups excluding carboxylic acids is 1. The zero-order valence-corrected chi connectivity index (χ0v) is 7.42. The molecule has 0 aromatic carbocycles. The van der Waals surface area contributed by atoms with Gasteiger partial charge in [0.25, 0.3) is 0 Å². The van der Waals surface area contributed by atoms with Gasteiger partial charge in [-0.1, -0.05) is 31.1 Å². The highest BCUT2D eigenvalue weighted by molar-refractivity contribution is 5.98. The normalized spacial score (nSPS) is 31.4. The van der Waals surface area contributed by atoms with Gasteiger partial charge in [0.15, 0.2) is 5.78 Å². The van der Waals surface area contributed by atoms with Gasteiger partial charge in [-0.05, 0) is 18.9 Å². The molecule has 0 unspecified atom stereocenters. The summed E-state index contributed by atoms with van der Waals surface area (Å²) in [7, 11) is 0. The van der Waals surface area contributed by atoms with Crippen LogP contribution in [0.25, 0.3) is 0 Å². The maximum absolute atomic E-state index is 11.1. The van der Waals surface area contributed by atoms with Crippen LogP contribution in [0.3, 0.4) is 0 Å². The Morgan fingerprint density at radius 2 is 2.25 bits per heavy atom. The van der Waals surface area contributed by atoms with E-state index in [9.17, 15) is 4.79 Å². The van der Waals surface area contributed by atoms with Gasteiger partial charge in [0.05, 0.1) is 0 Å². The lowest BCUT2D eigenvalue weighted by Gasteiger charge is -2.28. The molecule has 0 N–H and O–H groups in total. The first-order chi connectivity index (χ1) is 5.83. The average Bonchev–Trinajstić information content (AvgIpc) is 2.28. The Morgan fingerprint density at radius 1 is 1.42 bits per heavy atom. The Kier molecular flexibility index (Phi) is 1.87. The molecular formula is C11H14O. The Labute approximate surface area is 73.2 Å². The van der Waals surface area contributed by atoms with Gasteiger partial charge in [-0.25, -0.2) is 0 Å². The molecule has 0 aromatic rings. The van der Waals surface area contributed by atoms with E-state index in [1.165, 1.54) is 24.8 Å².